The predicted octanol–water partition coefficient (Wildman–Crippen LogP) is 1.59. The SMILES string of the molecule is CCC(C)N(C)CCNC(=O)c1cnc(Cl)cn1. The van der Waals surface area contributed by atoms with Crippen LogP contribution in [0.4, 0.5) is 0 Å². The predicted molar refractivity (Wildman–Crippen MR) is 71.8 cm³/mol. The Kier molecular flexibility index (Phi) is 6.01. The molecule has 1 amide bonds. The maximum Gasteiger partial charge on any atom is 0.271 e. The lowest BCUT2D eigenvalue weighted by atomic mass is 10.2. The normalized spacial score (nSPS) is 12.5. The number of nitrogens with one attached hydrogen (secondary N) is 1. The van der Waals surface area contributed by atoms with Crippen molar-refractivity contribution in [3.8, 4) is 0 Å². The van der Waals surface area contributed by atoms with Gasteiger partial charge in [0.15, 0.2) is 0 Å². The van der Waals surface area contributed by atoms with Crippen LogP contribution in [0.15, 0.2) is 12.4 Å². The molecule has 1 rings (SSSR count). The highest BCUT2D eigenvalue weighted by molar-refractivity contribution is 6.29. The lowest BCUT2D eigenvalue weighted by Gasteiger charge is -2.23. The summed E-state index contributed by atoms with van der Waals surface area (Å²) in [5, 5.41) is 3.08. The molecule has 0 fully saturated rings. The van der Waals surface area contributed by atoms with Gasteiger partial charge in [0.2, 0.25) is 0 Å². The number of halogens is 1. The minimum absolute atomic E-state index is 0.225. The second-order valence-corrected chi connectivity index (χ2v) is 4.61. The highest BCUT2D eigenvalue weighted by Gasteiger charge is 2.09. The summed E-state index contributed by atoms with van der Waals surface area (Å²) in [7, 11) is 2.04. The van der Waals surface area contributed by atoms with Crippen molar-refractivity contribution >= 4 is 17.5 Å². The topological polar surface area (TPSA) is 58.1 Å². The number of likely N-dealkylation sites (N-methyl/N-ethyl adjacent to an activating group) is 1. The quantitative estimate of drug-likeness (QED) is 0.853. The Balaban J connectivity index is 2.35. The van der Waals surface area contributed by atoms with Gasteiger partial charge in [0, 0.05) is 19.1 Å². The number of carbonyl (C=O) groups is 1. The van der Waals surface area contributed by atoms with E-state index in [0.717, 1.165) is 13.0 Å². The third-order valence-electron chi connectivity index (χ3n) is 2.95. The van der Waals surface area contributed by atoms with Crippen LogP contribution in [0.2, 0.25) is 5.15 Å². The van der Waals surface area contributed by atoms with Crippen LogP contribution in [0.5, 0.6) is 0 Å². The molecule has 0 aliphatic carbocycles. The van der Waals surface area contributed by atoms with Gasteiger partial charge in [0.1, 0.15) is 10.8 Å². The highest BCUT2D eigenvalue weighted by atomic mass is 35.5. The number of rotatable bonds is 6. The van der Waals surface area contributed by atoms with Crippen LogP contribution in [0.25, 0.3) is 0 Å². The van der Waals surface area contributed by atoms with Crippen molar-refractivity contribution in [3.63, 3.8) is 0 Å². The van der Waals surface area contributed by atoms with Gasteiger partial charge in [-0.15, -0.1) is 0 Å². The summed E-state index contributed by atoms with van der Waals surface area (Å²) < 4.78 is 0. The minimum Gasteiger partial charge on any atom is -0.349 e. The van der Waals surface area contributed by atoms with E-state index in [-0.39, 0.29) is 16.8 Å². The summed E-state index contributed by atoms with van der Waals surface area (Å²) in [5.74, 6) is -0.225. The maximum atomic E-state index is 11.7. The molecule has 1 atom stereocenters. The Morgan fingerprint density at radius 1 is 1.50 bits per heavy atom. The summed E-state index contributed by atoms with van der Waals surface area (Å²) in [6.45, 7) is 5.70. The molecular weight excluding hydrogens is 252 g/mol. The molecule has 0 aromatic carbocycles. The average molecular weight is 271 g/mol. The number of carbonyl (C=O) groups excluding carboxylic acids is 1. The number of aromatic nitrogens is 2. The monoisotopic (exact) mass is 270 g/mol. The van der Waals surface area contributed by atoms with Crippen molar-refractivity contribution in [2.24, 2.45) is 0 Å². The molecule has 5 nitrogen and oxygen atoms in total. The van der Waals surface area contributed by atoms with Crippen molar-refractivity contribution in [2.45, 2.75) is 26.3 Å². The van der Waals surface area contributed by atoms with E-state index in [1.54, 1.807) is 0 Å². The molecule has 6 heteroatoms. The average Bonchev–Trinajstić information content (AvgIpc) is 2.38. The van der Waals surface area contributed by atoms with Crippen molar-refractivity contribution < 1.29 is 4.79 Å². The molecule has 1 aromatic rings. The van der Waals surface area contributed by atoms with Gasteiger partial charge in [-0.3, -0.25) is 4.79 Å². The van der Waals surface area contributed by atoms with Gasteiger partial charge < -0.3 is 10.2 Å². The fraction of sp³-hybridized carbons (Fsp3) is 0.583. The molecule has 1 N–H and O–H groups in total. The smallest absolute Gasteiger partial charge is 0.271 e. The minimum atomic E-state index is -0.225. The molecular formula is C12H19ClN4O. The molecule has 1 heterocycles. The van der Waals surface area contributed by atoms with E-state index < -0.39 is 0 Å². The van der Waals surface area contributed by atoms with Gasteiger partial charge in [-0.25, -0.2) is 9.97 Å². The molecule has 0 saturated carbocycles. The number of nitrogens with zero attached hydrogens (tertiary/aromatic N) is 3. The fourth-order valence-corrected chi connectivity index (χ4v) is 1.50. The zero-order valence-corrected chi connectivity index (χ0v) is 11.7. The van der Waals surface area contributed by atoms with Gasteiger partial charge in [-0.05, 0) is 20.4 Å². The largest absolute Gasteiger partial charge is 0.349 e. The highest BCUT2D eigenvalue weighted by Crippen LogP contribution is 2.01. The molecule has 0 bridgehead atoms. The molecule has 0 saturated heterocycles. The molecule has 1 aromatic heterocycles. The zero-order chi connectivity index (χ0) is 13.5. The molecule has 18 heavy (non-hydrogen) atoms. The Bertz CT molecular complexity index is 382. The van der Waals surface area contributed by atoms with Crippen molar-refractivity contribution in [2.75, 3.05) is 20.1 Å². The van der Waals surface area contributed by atoms with Crippen LogP contribution in [-0.4, -0.2) is 47.0 Å². The van der Waals surface area contributed by atoms with Gasteiger partial charge in [0.05, 0.1) is 12.4 Å². The lowest BCUT2D eigenvalue weighted by molar-refractivity contribution is 0.0942. The summed E-state index contributed by atoms with van der Waals surface area (Å²) in [5.41, 5.74) is 0.283. The van der Waals surface area contributed by atoms with E-state index in [1.165, 1.54) is 12.4 Å². The Morgan fingerprint density at radius 2 is 2.22 bits per heavy atom. The van der Waals surface area contributed by atoms with Gasteiger partial charge in [-0.1, -0.05) is 18.5 Å². The van der Waals surface area contributed by atoms with Crippen LogP contribution in [0.1, 0.15) is 30.8 Å². The first-order valence-corrected chi connectivity index (χ1v) is 6.38. The standard InChI is InChI=1S/C12H19ClN4O/c1-4-9(2)17(3)6-5-14-12(18)10-7-16-11(13)8-15-10/h7-9H,4-6H2,1-3H3,(H,14,18). The second kappa shape index (κ2) is 7.28. The molecule has 100 valence electrons. The Morgan fingerprint density at radius 3 is 2.78 bits per heavy atom. The number of hydrogen-bond donors (Lipinski definition) is 1. The van der Waals surface area contributed by atoms with E-state index in [2.05, 4.69) is 34.0 Å². The van der Waals surface area contributed by atoms with Crippen LogP contribution in [0.3, 0.4) is 0 Å². The first-order chi connectivity index (χ1) is 8.54. The summed E-state index contributed by atoms with van der Waals surface area (Å²) in [6, 6.07) is 0.511. The number of hydrogen-bond acceptors (Lipinski definition) is 4. The first-order valence-electron chi connectivity index (χ1n) is 6.00. The van der Waals surface area contributed by atoms with E-state index >= 15 is 0 Å². The van der Waals surface area contributed by atoms with Crippen LogP contribution in [-0.2, 0) is 0 Å². The third-order valence-corrected chi connectivity index (χ3v) is 3.14. The lowest BCUT2D eigenvalue weighted by Crippen LogP contribution is -2.37. The van der Waals surface area contributed by atoms with Crippen LogP contribution < -0.4 is 5.32 Å². The maximum absolute atomic E-state index is 11.7. The first kappa shape index (κ1) is 14.9. The fourth-order valence-electron chi connectivity index (χ4n) is 1.40. The summed E-state index contributed by atoms with van der Waals surface area (Å²) in [6.07, 6.45) is 3.82. The van der Waals surface area contributed by atoms with Crippen molar-refractivity contribution in [3.05, 3.63) is 23.2 Å². The van der Waals surface area contributed by atoms with E-state index in [9.17, 15) is 4.79 Å². The molecule has 0 aliphatic heterocycles. The number of amides is 1. The Hall–Kier alpha value is -1.20. The second-order valence-electron chi connectivity index (χ2n) is 4.22. The van der Waals surface area contributed by atoms with E-state index in [1.807, 2.05) is 7.05 Å². The van der Waals surface area contributed by atoms with Crippen molar-refractivity contribution in [1.29, 1.82) is 0 Å². The summed E-state index contributed by atoms with van der Waals surface area (Å²) >= 11 is 5.60. The molecule has 0 spiro atoms. The van der Waals surface area contributed by atoms with Gasteiger partial charge in [0.25, 0.3) is 5.91 Å². The van der Waals surface area contributed by atoms with Crippen LogP contribution in [0, 0.1) is 0 Å². The van der Waals surface area contributed by atoms with E-state index in [0.29, 0.717) is 12.6 Å². The molecule has 0 radical (unpaired) electrons. The third kappa shape index (κ3) is 4.58. The van der Waals surface area contributed by atoms with Gasteiger partial charge >= 0.3 is 0 Å². The zero-order valence-electron chi connectivity index (χ0n) is 11.0. The van der Waals surface area contributed by atoms with Gasteiger partial charge in [-0.2, -0.15) is 0 Å². The van der Waals surface area contributed by atoms with Crippen LogP contribution >= 0.6 is 11.6 Å². The molecule has 1 unspecified atom stereocenters. The Labute approximate surface area is 113 Å². The van der Waals surface area contributed by atoms with Crippen molar-refractivity contribution in [1.82, 2.24) is 20.2 Å². The molecule has 0 aliphatic rings. The van der Waals surface area contributed by atoms with E-state index in [4.69, 9.17) is 11.6 Å². The summed E-state index contributed by atoms with van der Waals surface area (Å²) in [4.78, 5) is 21.6.